The van der Waals surface area contributed by atoms with Crippen LogP contribution in [0.2, 0.25) is 0 Å². The van der Waals surface area contributed by atoms with Gasteiger partial charge >= 0.3 is 0 Å². The van der Waals surface area contributed by atoms with Crippen molar-refractivity contribution in [2.75, 3.05) is 20.1 Å². The number of Topliss-reactive ketones (excluding diaryl/α,β-unsaturated/α-hetero) is 1. The molecule has 0 heterocycles. The lowest BCUT2D eigenvalue weighted by molar-refractivity contribution is -0.139. The summed E-state index contributed by atoms with van der Waals surface area (Å²) in [6.07, 6.45) is 7.35. The van der Waals surface area contributed by atoms with Gasteiger partial charge in [-0.2, -0.15) is 0 Å². The number of amides is 1. The molecule has 0 unspecified atom stereocenters. The third kappa shape index (κ3) is 6.59. The first kappa shape index (κ1) is 19.9. The molecule has 0 rings (SSSR count). The molecule has 124 valence electrons. The van der Waals surface area contributed by atoms with Gasteiger partial charge in [-0.05, 0) is 33.2 Å². The SMILES string of the molecule is C#C[C@@H](C(C)=O)N(CCC)C(=O)[C@@H](CCCNC(=N)N)NC. The molecule has 7 nitrogen and oxygen atoms in total. The molecule has 5 N–H and O–H groups in total. The van der Waals surface area contributed by atoms with E-state index in [9.17, 15) is 9.59 Å². The molecule has 7 heteroatoms. The standard InChI is InChI=1S/C15H27N5O2/c1-5-10-20(13(6-2)11(3)21)14(22)12(18-4)8-7-9-19-15(16)17/h2,12-13,18H,5,7-10H2,1,3-4H3,(H4,16,17,19)/t12-,13+/m1/s1. The highest BCUT2D eigenvalue weighted by molar-refractivity contribution is 5.91. The van der Waals surface area contributed by atoms with E-state index < -0.39 is 12.1 Å². The van der Waals surface area contributed by atoms with Crippen molar-refractivity contribution in [2.24, 2.45) is 5.73 Å². The number of hydrogen-bond donors (Lipinski definition) is 4. The fourth-order valence-electron chi connectivity index (χ4n) is 2.15. The van der Waals surface area contributed by atoms with Gasteiger partial charge in [0.15, 0.2) is 17.8 Å². The van der Waals surface area contributed by atoms with E-state index in [1.165, 1.54) is 11.8 Å². The van der Waals surface area contributed by atoms with E-state index in [1.54, 1.807) is 7.05 Å². The van der Waals surface area contributed by atoms with Crippen LogP contribution in [0.4, 0.5) is 0 Å². The first-order valence-corrected chi connectivity index (χ1v) is 7.41. The number of rotatable bonds is 10. The van der Waals surface area contributed by atoms with Crippen LogP contribution in [0.15, 0.2) is 0 Å². The molecule has 22 heavy (non-hydrogen) atoms. The molecule has 2 atom stereocenters. The lowest BCUT2D eigenvalue weighted by Gasteiger charge is -2.30. The number of carbonyl (C=O) groups is 2. The predicted octanol–water partition coefficient (Wildman–Crippen LogP) is -0.333. The highest BCUT2D eigenvalue weighted by atomic mass is 16.2. The van der Waals surface area contributed by atoms with Crippen LogP contribution in [0.25, 0.3) is 0 Å². The summed E-state index contributed by atoms with van der Waals surface area (Å²) in [6, 6.07) is -1.24. The van der Waals surface area contributed by atoms with Crippen LogP contribution in [-0.2, 0) is 9.59 Å². The van der Waals surface area contributed by atoms with Crippen molar-refractivity contribution >= 4 is 17.6 Å². The molecule has 1 amide bonds. The Hall–Kier alpha value is -2.07. The third-order valence-corrected chi connectivity index (χ3v) is 3.23. The second-order valence-corrected chi connectivity index (χ2v) is 5.04. The number of hydrogen-bond acceptors (Lipinski definition) is 4. The average Bonchev–Trinajstić information content (AvgIpc) is 2.46. The average molecular weight is 309 g/mol. The summed E-state index contributed by atoms with van der Waals surface area (Å²) in [6.45, 7) is 4.28. The van der Waals surface area contributed by atoms with Gasteiger partial charge in [0.2, 0.25) is 5.91 Å². The fraction of sp³-hybridized carbons (Fsp3) is 0.667. The van der Waals surface area contributed by atoms with E-state index in [2.05, 4.69) is 16.6 Å². The largest absolute Gasteiger partial charge is 0.370 e. The van der Waals surface area contributed by atoms with Crippen LogP contribution >= 0.6 is 0 Å². The second kappa shape index (κ2) is 10.6. The summed E-state index contributed by atoms with van der Waals surface area (Å²) in [7, 11) is 1.70. The molecule has 0 spiro atoms. The Kier molecular flexibility index (Phi) is 9.63. The van der Waals surface area contributed by atoms with Crippen LogP contribution in [-0.4, -0.2) is 54.8 Å². The summed E-state index contributed by atoms with van der Waals surface area (Å²) >= 11 is 0. The van der Waals surface area contributed by atoms with Crippen LogP contribution in [0.5, 0.6) is 0 Å². The summed E-state index contributed by atoms with van der Waals surface area (Å²) in [5, 5.41) is 12.7. The van der Waals surface area contributed by atoms with Crippen molar-refractivity contribution in [3.8, 4) is 12.3 Å². The van der Waals surface area contributed by atoms with E-state index >= 15 is 0 Å². The summed E-state index contributed by atoms with van der Waals surface area (Å²) < 4.78 is 0. The first-order valence-electron chi connectivity index (χ1n) is 7.41. The Bertz CT molecular complexity index is 430. The molecule has 0 aliphatic rings. The number of likely N-dealkylation sites (N-methyl/N-ethyl adjacent to an activating group) is 1. The minimum Gasteiger partial charge on any atom is -0.370 e. The highest BCUT2D eigenvalue weighted by Crippen LogP contribution is 2.08. The Labute approximate surface area is 132 Å². The number of ketones is 1. The van der Waals surface area contributed by atoms with Gasteiger partial charge in [-0.15, -0.1) is 6.42 Å². The van der Waals surface area contributed by atoms with Crippen molar-refractivity contribution < 1.29 is 9.59 Å². The molecule has 0 fully saturated rings. The van der Waals surface area contributed by atoms with Crippen molar-refractivity contribution in [3.05, 3.63) is 0 Å². The normalized spacial score (nSPS) is 12.8. The van der Waals surface area contributed by atoms with Crippen LogP contribution in [0, 0.1) is 17.8 Å². The van der Waals surface area contributed by atoms with E-state index in [0.717, 1.165) is 6.42 Å². The molecule has 0 aliphatic carbocycles. The van der Waals surface area contributed by atoms with Gasteiger partial charge in [-0.1, -0.05) is 12.8 Å². The maximum absolute atomic E-state index is 12.6. The monoisotopic (exact) mass is 309 g/mol. The number of nitrogens with one attached hydrogen (secondary N) is 3. The van der Waals surface area contributed by atoms with Crippen molar-refractivity contribution in [1.29, 1.82) is 5.41 Å². The molecular weight excluding hydrogens is 282 g/mol. The lowest BCUT2D eigenvalue weighted by Crippen LogP contribution is -2.51. The predicted molar refractivity (Wildman–Crippen MR) is 87.3 cm³/mol. The maximum atomic E-state index is 12.6. The summed E-state index contributed by atoms with van der Waals surface area (Å²) in [4.78, 5) is 25.7. The van der Waals surface area contributed by atoms with Gasteiger partial charge < -0.3 is 21.3 Å². The van der Waals surface area contributed by atoms with Crippen molar-refractivity contribution in [2.45, 2.75) is 45.2 Å². The summed E-state index contributed by atoms with van der Waals surface area (Å²) in [5.74, 6) is 1.92. The van der Waals surface area contributed by atoms with Crippen LogP contribution < -0.4 is 16.4 Å². The van der Waals surface area contributed by atoms with Gasteiger partial charge in [-0.3, -0.25) is 15.0 Å². The zero-order chi connectivity index (χ0) is 17.1. The quantitative estimate of drug-likeness (QED) is 0.191. The van der Waals surface area contributed by atoms with E-state index in [0.29, 0.717) is 25.9 Å². The van der Waals surface area contributed by atoms with E-state index in [1.807, 2.05) is 6.92 Å². The van der Waals surface area contributed by atoms with Gasteiger partial charge in [-0.25, -0.2) is 0 Å². The van der Waals surface area contributed by atoms with E-state index in [4.69, 9.17) is 17.6 Å². The minimum absolute atomic E-state index is 0.0936. The molecule has 0 aromatic carbocycles. The Morgan fingerprint density at radius 1 is 1.45 bits per heavy atom. The molecular formula is C15H27N5O2. The topological polar surface area (TPSA) is 111 Å². The third-order valence-electron chi connectivity index (χ3n) is 3.23. The Morgan fingerprint density at radius 3 is 2.50 bits per heavy atom. The number of terminal acetylenes is 1. The minimum atomic E-state index is -0.821. The zero-order valence-electron chi connectivity index (χ0n) is 13.6. The van der Waals surface area contributed by atoms with E-state index in [-0.39, 0.29) is 17.6 Å². The molecule has 0 aliphatic heterocycles. The molecule has 0 aromatic rings. The molecule has 0 bridgehead atoms. The summed E-state index contributed by atoms with van der Waals surface area (Å²) in [5.41, 5.74) is 5.20. The number of nitrogens with two attached hydrogens (primary N) is 1. The maximum Gasteiger partial charge on any atom is 0.241 e. The van der Waals surface area contributed by atoms with Crippen LogP contribution in [0.3, 0.4) is 0 Å². The van der Waals surface area contributed by atoms with Crippen LogP contribution in [0.1, 0.15) is 33.1 Å². The van der Waals surface area contributed by atoms with Gasteiger partial charge in [0.05, 0.1) is 6.04 Å². The fourth-order valence-corrected chi connectivity index (χ4v) is 2.15. The first-order chi connectivity index (χ1) is 10.4. The van der Waals surface area contributed by atoms with Gasteiger partial charge in [0.1, 0.15) is 0 Å². The molecule has 0 saturated carbocycles. The van der Waals surface area contributed by atoms with Gasteiger partial charge in [0.25, 0.3) is 0 Å². The lowest BCUT2D eigenvalue weighted by atomic mass is 10.1. The number of guanidine groups is 1. The molecule has 0 aromatic heterocycles. The van der Waals surface area contributed by atoms with Gasteiger partial charge in [0, 0.05) is 13.1 Å². The smallest absolute Gasteiger partial charge is 0.241 e. The highest BCUT2D eigenvalue weighted by Gasteiger charge is 2.29. The zero-order valence-corrected chi connectivity index (χ0v) is 13.6. The Balaban J connectivity index is 4.82. The molecule has 0 saturated heterocycles. The second-order valence-electron chi connectivity index (χ2n) is 5.04. The van der Waals surface area contributed by atoms with Crippen molar-refractivity contribution in [3.63, 3.8) is 0 Å². The Morgan fingerprint density at radius 2 is 2.09 bits per heavy atom. The number of nitrogens with zero attached hydrogens (tertiary/aromatic N) is 1. The number of carbonyl (C=O) groups excluding carboxylic acids is 2. The molecule has 0 radical (unpaired) electrons. The van der Waals surface area contributed by atoms with Crippen molar-refractivity contribution in [1.82, 2.24) is 15.5 Å².